The van der Waals surface area contributed by atoms with E-state index in [1.807, 2.05) is 20.8 Å². The molecule has 0 aliphatic carbocycles. The van der Waals surface area contributed by atoms with Gasteiger partial charge in [0, 0.05) is 25.1 Å². The molecule has 23 heavy (non-hydrogen) atoms. The molecule has 0 atom stereocenters. The molecule has 0 unspecified atom stereocenters. The monoisotopic (exact) mass is 317 g/mol. The molecule has 0 aliphatic heterocycles. The van der Waals surface area contributed by atoms with Gasteiger partial charge >= 0.3 is 0 Å². The quantitative estimate of drug-likeness (QED) is 0.794. The first-order chi connectivity index (χ1) is 11.1. The summed E-state index contributed by atoms with van der Waals surface area (Å²) in [5.41, 5.74) is 0.105. The molecule has 1 aromatic heterocycles. The average Bonchev–Trinajstić information content (AvgIpc) is 2.54. The van der Waals surface area contributed by atoms with E-state index in [0.717, 1.165) is 6.42 Å². The van der Waals surface area contributed by atoms with Crippen molar-refractivity contribution in [2.75, 3.05) is 19.8 Å². The third-order valence-corrected chi connectivity index (χ3v) is 3.49. The topological polar surface area (TPSA) is 73.2 Å². The second-order valence-corrected chi connectivity index (χ2v) is 5.54. The lowest BCUT2D eigenvalue weighted by Gasteiger charge is -2.13. The minimum absolute atomic E-state index is 0.114. The van der Waals surface area contributed by atoms with E-state index in [0.29, 0.717) is 30.5 Å². The van der Waals surface area contributed by atoms with Crippen molar-refractivity contribution in [1.82, 2.24) is 15.1 Å². The van der Waals surface area contributed by atoms with Crippen LogP contribution in [0, 0.1) is 0 Å². The molecule has 0 fully saturated rings. The van der Waals surface area contributed by atoms with Gasteiger partial charge in [0.2, 0.25) is 0 Å². The summed E-state index contributed by atoms with van der Waals surface area (Å²) in [6, 6.07) is 6.96. The molecule has 6 heteroatoms. The number of hydrogen-bond donors (Lipinski definition) is 1. The molecule has 1 aromatic carbocycles. The number of ether oxygens (including phenoxy) is 1. The first kappa shape index (κ1) is 17.1. The number of nitrogens with one attached hydrogen (secondary N) is 1. The number of amides is 1. The Bertz CT molecular complexity index is 737. The third kappa shape index (κ3) is 3.96. The summed E-state index contributed by atoms with van der Waals surface area (Å²) in [7, 11) is 0. The zero-order valence-electron chi connectivity index (χ0n) is 13.8. The molecule has 6 nitrogen and oxygen atoms in total. The molecule has 0 radical (unpaired) electrons. The normalized spacial score (nSPS) is 11.1. The van der Waals surface area contributed by atoms with Crippen LogP contribution in [0.3, 0.4) is 0 Å². The predicted molar refractivity (Wildman–Crippen MR) is 89.8 cm³/mol. The molecule has 124 valence electrons. The summed E-state index contributed by atoms with van der Waals surface area (Å²) in [4.78, 5) is 24.9. The standard InChI is InChI=1S/C17H23N3O3/c1-4-23-11-7-10-18-16(21)15-13-8-5-6-9-14(13)17(22)20(19-15)12(2)3/h5-6,8-9,12H,4,7,10-11H2,1-3H3,(H,18,21). The second-order valence-electron chi connectivity index (χ2n) is 5.54. The van der Waals surface area contributed by atoms with Crippen LogP contribution >= 0.6 is 0 Å². The highest BCUT2D eigenvalue weighted by atomic mass is 16.5. The van der Waals surface area contributed by atoms with Crippen molar-refractivity contribution >= 4 is 16.7 Å². The molecule has 0 aliphatic rings. The highest BCUT2D eigenvalue weighted by molar-refractivity contribution is 6.04. The van der Waals surface area contributed by atoms with Gasteiger partial charge in [0.05, 0.1) is 11.4 Å². The number of rotatable bonds is 7. The number of aromatic nitrogens is 2. The van der Waals surface area contributed by atoms with Gasteiger partial charge in [-0.25, -0.2) is 4.68 Å². The van der Waals surface area contributed by atoms with E-state index >= 15 is 0 Å². The third-order valence-electron chi connectivity index (χ3n) is 3.49. The van der Waals surface area contributed by atoms with E-state index in [2.05, 4.69) is 10.4 Å². The van der Waals surface area contributed by atoms with E-state index in [4.69, 9.17) is 4.74 Å². The number of benzene rings is 1. The van der Waals surface area contributed by atoms with Gasteiger partial charge < -0.3 is 10.1 Å². The first-order valence-electron chi connectivity index (χ1n) is 7.93. The first-order valence-corrected chi connectivity index (χ1v) is 7.93. The lowest BCUT2D eigenvalue weighted by molar-refractivity contribution is 0.0938. The number of fused-ring (bicyclic) bond motifs is 1. The minimum atomic E-state index is -0.271. The lowest BCUT2D eigenvalue weighted by Crippen LogP contribution is -2.32. The number of hydrogen-bond acceptors (Lipinski definition) is 4. The summed E-state index contributed by atoms with van der Waals surface area (Å²) in [5, 5.41) is 8.20. The smallest absolute Gasteiger partial charge is 0.274 e. The Morgan fingerprint density at radius 2 is 2.00 bits per heavy atom. The van der Waals surface area contributed by atoms with E-state index in [-0.39, 0.29) is 23.2 Å². The van der Waals surface area contributed by atoms with E-state index in [1.54, 1.807) is 24.3 Å². The maximum absolute atomic E-state index is 12.4. The minimum Gasteiger partial charge on any atom is -0.382 e. The Balaban J connectivity index is 2.30. The van der Waals surface area contributed by atoms with E-state index in [1.165, 1.54) is 4.68 Å². The van der Waals surface area contributed by atoms with Gasteiger partial charge in [0.1, 0.15) is 0 Å². The van der Waals surface area contributed by atoms with Gasteiger partial charge in [-0.2, -0.15) is 5.10 Å². The molecule has 1 amide bonds. The fraction of sp³-hybridized carbons (Fsp3) is 0.471. The highest BCUT2D eigenvalue weighted by Crippen LogP contribution is 2.14. The zero-order valence-corrected chi connectivity index (χ0v) is 13.8. The Labute approximate surface area is 135 Å². The number of nitrogens with zero attached hydrogens (tertiary/aromatic N) is 2. The molecule has 1 heterocycles. The summed E-state index contributed by atoms with van der Waals surface area (Å²) >= 11 is 0. The van der Waals surface area contributed by atoms with E-state index < -0.39 is 0 Å². The molecular formula is C17H23N3O3. The predicted octanol–water partition coefficient (Wildman–Crippen LogP) is 2.13. The van der Waals surface area contributed by atoms with Crippen molar-refractivity contribution in [3.05, 3.63) is 40.3 Å². The van der Waals surface area contributed by atoms with E-state index in [9.17, 15) is 9.59 Å². The van der Waals surface area contributed by atoms with Crippen molar-refractivity contribution in [2.45, 2.75) is 33.2 Å². The van der Waals surface area contributed by atoms with Gasteiger partial charge in [-0.3, -0.25) is 9.59 Å². The molecule has 2 rings (SSSR count). The molecular weight excluding hydrogens is 294 g/mol. The van der Waals surface area contributed by atoms with Crippen LogP contribution in [0.2, 0.25) is 0 Å². The Hall–Kier alpha value is -2.21. The van der Waals surface area contributed by atoms with Crippen LogP contribution in [0.1, 0.15) is 43.7 Å². The molecule has 2 aromatic rings. The van der Waals surface area contributed by atoms with Crippen LogP contribution in [0.15, 0.2) is 29.1 Å². The fourth-order valence-corrected chi connectivity index (χ4v) is 2.33. The van der Waals surface area contributed by atoms with Gasteiger partial charge in [-0.05, 0) is 33.3 Å². The lowest BCUT2D eigenvalue weighted by atomic mass is 10.1. The van der Waals surface area contributed by atoms with Gasteiger partial charge in [0.25, 0.3) is 11.5 Å². The molecule has 0 spiro atoms. The summed E-state index contributed by atoms with van der Waals surface area (Å²) < 4.78 is 6.60. The van der Waals surface area contributed by atoms with Crippen molar-refractivity contribution in [3.63, 3.8) is 0 Å². The number of carbonyl (C=O) groups is 1. The fourth-order valence-electron chi connectivity index (χ4n) is 2.33. The van der Waals surface area contributed by atoms with Gasteiger partial charge in [-0.1, -0.05) is 18.2 Å². The van der Waals surface area contributed by atoms with Crippen molar-refractivity contribution in [2.24, 2.45) is 0 Å². The Kier molecular flexibility index (Phi) is 5.87. The van der Waals surface area contributed by atoms with Crippen molar-refractivity contribution < 1.29 is 9.53 Å². The van der Waals surface area contributed by atoms with Crippen molar-refractivity contribution in [1.29, 1.82) is 0 Å². The summed E-state index contributed by atoms with van der Waals surface area (Å²) in [6.07, 6.45) is 0.737. The summed E-state index contributed by atoms with van der Waals surface area (Å²) in [5.74, 6) is -0.271. The largest absolute Gasteiger partial charge is 0.382 e. The highest BCUT2D eigenvalue weighted by Gasteiger charge is 2.17. The molecule has 0 saturated heterocycles. The average molecular weight is 317 g/mol. The maximum atomic E-state index is 12.4. The zero-order chi connectivity index (χ0) is 16.8. The van der Waals surface area contributed by atoms with Crippen LogP contribution < -0.4 is 10.9 Å². The second kappa shape index (κ2) is 7.87. The SMILES string of the molecule is CCOCCCNC(=O)c1nn(C(C)C)c(=O)c2ccccc12. The molecule has 1 N–H and O–H groups in total. The summed E-state index contributed by atoms with van der Waals surface area (Å²) in [6.45, 7) is 7.45. The Morgan fingerprint density at radius 3 is 2.65 bits per heavy atom. The molecule has 0 saturated carbocycles. The van der Waals surface area contributed by atoms with Crippen LogP contribution in [-0.4, -0.2) is 35.4 Å². The van der Waals surface area contributed by atoms with Gasteiger partial charge in [-0.15, -0.1) is 0 Å². The van der Waals surface area contributed by atoms with Crippen LogP contribution in [0.5, 0.6) is 0 Å². The Morgan fingerprint density at radius 1 is 1.30 bits per heavy atom. The van der Waals surface area contributed by atoms with Crippen molar-refractivity contribution in [3.8, 4) is 0 Å². The number of carbonyl (C=O) groups excluding carboxylic acids is 1. The maximum Gasteiger partial charge on any atom is 0.274 e. The van der Waals surface area contributed by atoms with Crippen LogP contribution in [0.4, 0.5) is 0 Å². The van der Waals surface area contributed by atoms with Crippen LogP contribution in [-0.2, 0) is 4.74 Å². The van der Waals surface area contributed by atoms with Gasteiger partial charge in [0.15, 0.2) is 5.69 Å². The van der Waals surface area contributed by atoms with Crippen LogP contribution in [0.25, 0.3) is 10.8 Å². The molecule has 0 bridgehead atoms.